The highest BCUT2D eigenvalue weighted by molar-refractivity contribution is 5.39. The van der Waals surface area contributed by atoms with Gasteiger partial charge in [-0.2, -0.15) is 0 Å². The molecule has 0 saturated carbocycles. The topological polar surface area (TPSA) is 39.1 Å². The van der Waals surface area contributed by atoms with E-state index < -0.39 is 0 Å². The van der Waals surface area contributed by atoms with Crippen LogP contribution < -0.4 is 10.1 Å². The molecular formula is C13H17N3O. The van der Waals surface area contributed by atoms with Crippen LogP contribution in [0.1, 0.15) is 12.6 Å². The fourth-order valence-electron chi connectivity index (χ4n) is 1.68. The maximum absolute atomic E-state index is 5.48. The maximum atomic E-state index is 5.48. The Morgan fingerprint density at radius 2 is 2.29 bits per heavy atom. The summed E-state index contributed by atoms with van der Waals surface area (Å²) in [6.07, 6.45) is 3.83. The van der Waals surface area contributed by atoms with Crippen molar-refractivity contribution in [1.29, 1.82) is 0 Å². The first kappa shape index (κ1) is 11.7. The van der Waals surface area contributed by atoms with Crippen molar-refractivity contribution in [3.05, 3.63) is 42.5 Å². The maximum Gasteiger partial charge on any atom is 0.121 e. The summed E-state index contributed by atoms with van der Waals surface area (Å²) in [7, 11) is 1.91. The molecule has 4 heteroatoms. The molecule has 0 aliphatic rings. The second kappa shape index (κ2) is 5.50. The highest BCUT2D eigenvalue weighted by atomic mass is 16.5. The van der Waals surface area contributed by atoms with Gasteiger partial charge in [0.25, 0.3) is 0 Å². The Balaban J connectivity index is 2.22. The second-order valence-corrected chi connectivity index (χ2v) is 3.73. The van der Waals surface area contributed by atoms with Gasteiger partial charge in [-0.15, -0.1) is 0 Å². The summed E-state index contributed by atoms with van der Waals surface area (Å²) >= 11 is 0. The van der Waals surface area contributed by atoms with Crippen LogP contribution in [0.5, 0.6) is 5.75 Å². The van der Waals surface area contributed by atoms with Crippen LogP contribution in [0.15, 0.2) is 36.8 Å². The van der Waals surface area contributed by atoms with E-state index in [0.29, 0.717) is 6.61 Å². The second-order valence-electron chi connectivity index (χ2n) is 3.73. The van der Waals surface area contributed by atoms with Crippen LogP contribution in [0.4, 0.5) is 0 Å². The Bertz CT molecular complexity index is 479. The average molecular weight is 231 g/mol. The number of hydrogen-bond acceptors (Lipinski definition) is 3. The molecule has 4 nitrogen and oxygen atoms in total. The molecule has 0 saturated heterocycles. The summed E-state index contributed by atoms with van der Waals surface area (Å²) < 4.78 is 7.47. The number of aromatic nitrogens is 2. The zero-order valence-corrected chi connectivity index (χ0v) is 10.2. The van der Waals surface area contributed by atoms with Gasteiger partial charge < -0.3 is 14.6 Å². The van der Waals surface area contributed by atoms with Gasteiger partial charge in [0.2, 0.25) is 0 Å². The summed E-state index contributed by atoms with van der Waals surface area (Å²) in [5.41, 5.74) is 2.08. The largest absolute Gasteiger partial charge is 0.494 e. The van der Waals surface area contributed by atoms with Crippen molar-refractivity contribution < 1.29 is 4.74 Å². The summed E-state index contributed by atoms with van der Waals surface area (Å²) in [6.45, 7) is 3.44. The predicted molar refractivity (Wildman–Crippen MR) is 67.5 cm³/mol. The van der Waals surface area contributed by atoms with Crippen molar-refractivity contribution in [1.82, 2.24) is 14.9 Å². The Kier molecular flexibility index (Phi) is 3.77. The van der Waals surface area contributed by atoms with Gasteiger partial charge in [0, 0.05) is 18.8 Å². The number of nitrogens with zero attached hydrogens (tertiary/aromatic N) is 2. The number of nitrogens with one attached hydrogen (secondary N) is 1. The Labute approximate surface area is 101 Å². The minimum atomic E-state index is 0.679. The third-order valence-electron chi connectivity index (χ3n) is 2.42. The Morgan fingerprint density at radius 1 is 1.41 bits per heavy atom. The SMILES string of the molecule is CCOc1cccc(-n2cnc(CNC)c2)c1. The third-order valence-corrected chi connectivity index (χ3v) is 2.42. The highest BCUT2D eigenvalue weighted by Crippen LogP contribution is 2.17. The lowest BCUT2D eigenvalue weighted by atomic mass is 10.3. The van der Waals surface area contributed by atoms with E-state index in [1.165, 1.54) is 0 Å². The lowest BCUT2D eigenvalue weighted by Gasteiger charge is -2.06. The lowest BCUT2D eigenvalue weighted by Crippen LogP contribution is -2.04. The Morgan fingerprint density at radius 3 is 3.06 bits per heavy atom. The van der Waals surface area contributed by atoms with E-state index in [4.69, 9.17) is 4.74 Å². The summed E-state index contributed by atoms with van der Waals surface area (Å²) in [6, 6.07) is 7.98. The molecule has 0 aliphatic heterocycles. The smallest absolute Gasteiger partial charge is 0.121 e. The van der Waals surface area contributed by atoms with Crippen LogP contribution in [0, 0.1) is 0 Å². The number of benzene rings is 1. The van der Waals surface area contributed by atoms with Crippen molar-refractivity contribution >= 4 is 0 Å². The van der Waals surface area contributed by atoms with Crippen LogP contribution in [-0.4, -0.2) is 23.2 Å². The van der Waals surface area contributed by atoms with E-state index in [1.54, 1.807) is 0 Å². The van der Waals surface area contributed by atoms with E-state index in [0.717, 1.165) is 23.7 Å². The summed E-state index contributed by atoms with van der Waals surface area (Å²) in [5, 5.41) is 3.08. The molecule has 0 unspecified atom stereocenters. The van der Waals surface area contributed by atoms with Crippen LogP contribution in [0.25, 0.3) is 5.69 Å². The monoisotopic (exact) mass is 231 g/mol. The van der Waals surface area contributed by atoms with Gasteiger partial charge >= 0.3 is 0 Å². The molecule has 90 valence electrons. The molecular weight excluding hydrogens is 214 g/mol. The fraction of sp³-hybridized carbons (Fsp3) is 0.308. The minimum absolute atomic E-state index is 0.679. The molecule has 0 bridgehead atoms. The molecule has 2 aromatic rings. The highest BCUT2D eigenvalue weighted by Gasteiger charge is 2.01. The number of ether oxygens (including phenoxy) is 1. The summed E-state index contributed by atoms with van der Waals surface area (Å²) in [5.74, 6) is 0.883. The van der Waals surface area contributed by atoms with Crippen molar-refractivity contribution in [2.24, 2.45) is 0 Å². The van der Waals surface area contributed by atoms with Gasteiger partial charge in [-0.1, -0.05) is 6.07 Å². The zero-order valence-electron chi connectivity index (χ0n) is 10.2. The van der Waals surface area contributed by atoms with E-state index in [2.05, 4.69) is 10.3 Å². The predicted octanol–water partition coefficient (Wildman–Crippen LogP) is 1.99. The number of hydrogen-bond donors (Lipinski definition) is 1. The molecule has 1 N–H and O–H groups in total. The Hall–Kier alpha value is -1.81. The molecule has 1 aromatic heterocycles. The van der Waals surface area contributed by atoms with Gasteiger partial charge in [-0.3, -0.25) is 0 Å². The molecule has 1 aromatic carbocycles. The quantitative estimate of drug-likeness (QED) is 0.855. The molecule has 0 amide bonds. The van der Waals surface area contributed by atoms with Gasteiger partial charge in [-0.05, 0) is 26.1 Å². The summed E-state index contributed by atoms with van der Waals surface area (Å²) in [4.78, 5) is 4.32. The van der Waals surface area contributed by atoms with Crippen LogP contribution in [0.3, 0.4) is 0 Å². The van der Waals surface area contributed by atoms with Crippen LogP contribution in [-0.2, 0) is 6.54 Å². The number of rotatable bonds is 5. The van der Waals surface area contributed by atoms with Crippen molar-refractivity contribution in [3.63, 3.8) is 0 Å². The van der Waals surface area contributed by atoms with Gasteiger partial charge in [-0.25, -0.2) is 4.98 Å². The third kappa shape index (κ3) is 2.85. The molecule has 1 heterocycles. The van der Waals surface area contributed by atoms with Gasteiger partial charge in [0.1, 0.15) is 5.75 Å². The zero-order chi connectivity index (χ0) is 12.1. The first-order chi connectivity index (χ1) is 8.33. The van der Waals surface area contributed by atoms with Gasteiger partial charge in [0.05, 0.1) is 24.3 Å². The molecule has 2 rings (SSSR count). The van der Waals surface area contributed by atoms with Crippen LogP contribution >= 0.6 is 0 Å². The average Bonchev–Trinajstić information content (AvgIpc) is 2.79. The number of imidazole rings is 1. The van der Waals surface area contributed by atoms with E-state index in [9.17, 15) is 0 Å². The standard InChI is InChI=1S/C13H17N3O/c1-3-17-13-6-4-5-12(7-13)16-9-11(8-14-2)15-10-16/h4-7,9-10,14H,3,8H2,1-2H3. The molecule has 0 fully saturated rings. The first-order valence-electron chi connectivity index (χ1n) is 5.74. The minimum Gasteiger partial charge on any atom is -0.494 e. The fourth-order valence-corrected chi connectivity index (χ4v) is 1.68. The molecule has 0 spiro atoms. The van der Waals surface area contributed by atoms with Crippen molar-refractivity contribution in [3.8, 4) is 11.4 Å². The van der Waals surface area contributed by atoms with Gasteiger partial charge in [0.15, 0.2) is 0 Å². The lowest BCUT2D eigenvalue weighted by molar-refractivity contribution is 0.340. The van der Waals surface area contributed by atoms with E-state index in [1.807, 2.05) is 55.3 Å². The molecule has 0 radical (unpaired) electrons. The first-order valence-corrected chi connectivity index (χ1v) is 5.74. The van der Waals surface area contributed by atoms with E-state index in [-0.39, 0.29) is 0 Å². The van der Waals surface area contributed by atoms with Crippen LogP contribution in [0.2, 0.25) is 0 Å². The molecule has 17 heavy (non-hydrogen) atoms. The normalized spacial score (nSPS) is 10.5. The van der Waals surface area contributed by atoms with Crippen molar-refractivity contribution in [2.45, 2.75) is 13.5 Å². The molecule has 0 atom stereocenters. The molecule has 0 aliphatic carbocycles. The van der Waals surface area contributed by atoms with Crippen molar-refractivity contribution in [2.75, 3.05) is 13.7 Å². The van der Waals surface area contributed by atoms with E-state index >= 15 is 0 Å².